The molecule has 2 aliphatic rings. The van der Waals surface area contributed by atoms with E-state index in [9.17, 15) is 9.90 Å². The second-order valence-electron chi connectivity index (χ2n) is 7.27. The summed E-state index contributed by atoms with van der Waals surface area (Å²) in [5, 5.41) is 10.8. The van der Waals surface area contributed by atoms with Crippen molar-refractivity contribution in [2.75, 3.05) is 44.3 Å². The third-order valence-electron chi connectivity index (χ3n) is 5.35. The highest BCUT2D eigenvalue weighted by molar-refractivity contribution is 7.99. The molecule has 1 N–H and O–H groups in total. The maximum Gasteiger partial charge on any atom is 0.343 e. The summed E-state index contributed by atoms with van der Waals surface area (Å²) >= 11 is 1.94. The first-order valence-electron chi connectivity index (χ1n) is 9.72. The lowest BCUT2D eigenvalue weighted by Gasteiger charge is -2.33. The summed E-state index contributed by atoms with van der Waals surface area (Å²) in [4.78, 5) is 16.7. The number of morpholine rings is 1. The molecule has 0 bridgehead atoms. The van der Waals surface area contributed by atoms with E-state index in [-0.39, 0.29) is 11.9 Å². The number of aromatic hydroxyl groups is 1. The molecule has 2 saturated heterocycles. The van der Waals surface area contributed by atoms with Crippen molar-refractivity contribution in [2.24, 2.45) is 0 Å². The van der Waals surface area contributed by atoms with Crippen LogP contribution in [0, 0.1) is 0 Å². The molecule has 150 valence electrons. The summed E-state index contributed by atoms with van der Waals surface area (Å²) in [6.45, 7) is 4.94. The monoisotopic (exact) mass is 402 g/mol. The van der Waals surface area contributed by atoms with E-state index in [4.69, 9.17) is 9.15 Å². The lowest BCUT2D eigenvalue weighted by Crippen LogP contribution is -2.39. The molecule has 1 atom stereocenters. The first-order valence-corrected chi connectivity index (χ1v) is 10.9. The first-order chi connectivity index (χ1) is 13.7. The smallest absolute Gasteiger partial charge is 0.343 e. The van der Waals surface area contributed by atoms with Gasteiger partial charge < -0.3 is 14.3 Å². The average Bonchev–Trinajstić information content (AvgIpc) is 2.75. The van der Waals surface area contributed by atoms with Crippen LogP contribution in [0.5, 0.6) is 5.75 Å². The Hall–Kier alpha value is -1.80. The molecule has 0 radical (unpaired) electrons. The van der Waals surface area contributed by atoms with E-state index in [1.54, 1.807) is 0 Å². The van der Waals surface area contributed by atoms with Gasteiger partial charge in [0.05, 0.1) is 18.3 Å². The van der Waals surface area contributed by atoms with Crippen LogP contribution in [0.3, 0.4) is 0 Å². The van der Waals surface area contributed by atoms with Crippen LogP contribution in [-0.2, 0) is 17.8 Å². The molecule has 2 aromatic rings. The molecule has 0 amide bonds. The highest BCUT2D eigenvalue weighted by Crippen LogP contribution is 2.27. The summed E-state index contributed by atoms with van der Waals surface area (Å²) in [6, 6.07) is 10.1. The molecule has 7 heteroatoms. The number of benzene rings is 1. The Morgan fingerprint density at radius 2 is 1.86 bits per heavy atom. The molecule has 0 saturated carbocycles. The number of nitrogens with zero attached hydrogens (tertiary/aromatic N) is 2. The SMILES string of the molecule is O=c1occ(CN2CCSCC2)c(O)c1CN1CCO[C@H](c2ccccc2)C1. The normalized spacial score (nSPS) is 21.6. The summed E-state index contributed by atoms with van der Waals surface area (Å²) in [6.07, 6.45) is 1.38. The molecule has 0 aliphatic carbocycles. The van der Waals surface area contributed by atoms with Gasteiger partial charge in [-0.05, 0) is 5.56 Å². The van der Waals surface area contributed by atoms with Crippen molar-refractivity contribution in [1.29, 1.82) is 0 Å². The zero-order chi connectivity index (χ0) is 19.3. The fourth-order valence-electron chi connectivity index (χ4n) is 3.73. The molecule has 0 spiro atoms. The van der Waals surface area contributed by atoms with E-state index in [0.29, 0.717) is 37.4 Å². The second-order valence-corrected chi connectivity index (χ2v) is 8.49. The first kappa shape index (κ1) is 19.5. The lowest BCUT2D eigenvalue weighted by atomic mass is 10.1. The zero-order valence-corrected chi connectivity index (χ0v) is 16.7. The molecule has 2 aliphatic heterocycles. The van der Waals surface area contributed by atoms with Gasteiger partial charge in [0, 0.05) is 56.3 Å². The van der Waals surface area contributed by atoms with Crippen molar-refractivity contribution in [3.8, 4) is 5.75 Å². The Bertz CT molecular complexity index is 836. The fourth-order valence-corrected chi connectivity index (χ4v) is 4.71. The van der Waals surface area contributed by atoms with Gasteiger partial charge in [-0.3, -0.25) is 9.80 Å². The summed E-state index contributed by atoms with van der Waals surface area (Å²) in [5.41, 5.74) is 1.70. The van der Waals surface area contributed by atoms with Crippen molar-refractivity contribution >= 4 is 11.8 Å². The molecule has 2 fully saturated rings. The van der Waals surface area contributed by atoms with Gasteiger partial charge in [-0.1, -0.05) is 30.3 Å². The van der Waals surface area contributed by atoms with Gasteiger partial charge in [-0.25, -0.2) is 4.79 Å². The molecule has 28 heavy (non-hydrogen) atoms. The largest absolute Gasteiger partial charge is 0.507 e. The van der Waals surface area contributed by atoms with Crippen LogP contribution in [0.4, 0.5) is 0 Å². The summed E-state index contributed by atoms with van der Waals surface area (Å²) < 4.78 is 11.2. The van der Waals surface area contributed by atoms with Crippen molar-refractivity contribution < 1.29 is 14.3 Å². The van der Waals surface area contributed by atoms with Gasteiger partial charge in [0.25, 0.3) is 0 Å². The topological polar surface area (TPSA) is 66.2 Å². The Morgan fingerprint density at radius 3 is 2.64 bits per heavy atom. The minimum absolute atomic E-state index is 0.0295. The van der Waals surface area contributed by atoms with Crippen molar-refractivity contribution in [2.45, 2.75) is 19.2 Å². The average molecular weight is 403 g/mol. The predicted molar refractivity (Wildman–Crippen MR) is 110 cm³/mol. The number of hydrogen-bond donors (Lipinski definition) is 1. The Kier molecular flexibility index (Phi) is 6.36. The van der Waals surface area contributed by atoms with Crippen LogP contribution >= 0.6 is 11.8 Å². The standard InChI is InChI=1S/C21H26N2O4S/c24-20-17(12-22-7-10-28-11-8-22)15-27-21(25)18(20)13-23-6-9-26-19(14-23)16-4-2-1-3-5-16/h1-5,15,19,24H,6-14H2/t19-/m0/s1. The molecular formula is C21H26N2O4S. The van der Waals surface area contributed by atoms with Crippen LogP contribution in [0.15, 0.2) is 45.8 Å². The Balaban J connectivity index is 1.47. The highest BCUT2D eigenvalue weighted by atomic mass is 32.2. The van der Waals surface area contributed by atoms with E-state index >= 15 is 0 Å². The summed E-state index contributed by atoms with van der Waals surface area (Å²) in [7, 11) is 0. The minimum atomic E-state index is -0.460. The molecule has 1 aromatic heterocycles. The highest BCUT2D eigenvalue weighted by Gasteiger charge is 2.25. The van der Waals surface area contributed by atoms with E-state index < -0.39 is 5.63 Å². The second kappa shape index (κ2) is 9.13. The maximum absolute atomic E-state index is 12.3. The van der Waals surface area contributed by atoms with Gasteiger partial charge in [0.2, 0.25) is 0 Å². The Labute approximate surface area is 169 Å². The molecule has 4 rings (SSSR count). The van der Waals surface area contributed by atoms with Crippen molar-refractivity contribution in [3.05, 3.63) is 63.7 Å². The van der Waals surface area contributed by atoms with Crippen LogP contribution < -0.4 is 5.63 Å². The van der Waals surface area contributed by atoms with Crippen molar-refractivity contribution in [3.63, 3.8) is 0 Å². The van der Waals surface area contributed by atoms with Crippen LogP contribution in [0.25, 0.3) is 0 Å². The zero-order valence-electron chi connectivity index (χ0n) is 15.9. The molecule has 3 heterocycles. The number of hydrogen-bond acceptors (Lipinski definition) is 7. The minimum Gasteiger partial charge on any atom is -0.507 e. The number of ether oxygens (including phenoxy) is 1. The molecule has 0 unspecified atom stereocenters. The molecule has 6 nitrogen and oxygen atoms in total. The Morgan fingerprint density at radius 1 is 1.07 bits per heavy atom. The quantitative estimate of drug-likeness (QED) is 0.824. The van der Waals surface area contributed by atoms with E-state index in [1.165, 1.54) is 6.26 Å². The van der Waals surface area contributed by atoms with Gasteiger partial charge in [0.15, 0.2) is 0 Å². The van der Waals surface area contributed by atoms with Crippen LogP contribution in [0.1, 0.15) is 22.8 Å². The van der Waals surface area contributed by atoms with Gasteiger partial charge in [-0.2, -0.15) is 11.8 Å². The van der Waals surface area contributed by atoms with Crippen LogP contribution in [0.2, 0.25) is 0 Å². The van der Waals surface area contributed by atoms with Gasteiger partial charge in [-0.15, -0.1) is 0 Å². The van der Waals surface area contributed by atoms with Gasteiger partial charge >= 0.3 is 5.63 Å². The van der Waals surface area contributed by atoms with E-state index in [1.807, 2.05) is 30.0 Å². The molecule has 1 aromatic carbocycles. The number of thioether (sulfide) groups is 1. The third kappa shape index (κ3) is 4.60. The van der Waals surface area contributed by atoms with E-state index in [0.717, 1.165) is 36.7 Å². The summed E-state index contributed by atoms with van der Waals surface area (Å²) in [5.74, 6) is 2.27. The maximum atomic E-state index is 12.3. The van der Waals surface area contributed by atoms with E-state index in [2.05, 4.69) is 21.9 Å². The molecular weight excluding hydrogens is 376 g/mol. The van der Waals surface area contributed by atoms with Crippen molar-refractivity contribution in [1.82, 2.24) is 9.80 Å². The number of rotatable bonds is 5. The fraction of sp³-hybridized carbons (Fsp3) is 0.476. The van der Waals surface area contributed by atoms with Crippen LogP contribution in [-0.4, -0.2) is 59.2 Å². The third-order valence-corrected chi connectivity index (χ3v) is 6.29. The lowest BCUT2D eigenvalue weighted by molar-refractivity contribution is -0.0334. The predicted octanol–water partition coefficient (Wildman–Crippen LogP) is 2.47. The van der Waals surface area contributed by atoms with Gasteiger partial charge in [0.1, 0.15) is 12.0 Å².